The van der Waals surface area contributed by atoms with Gasteiger partial charge in [-0.3, -0.25) is 14.2 Å². The lowest BCUT2D eigenvalue weighted by atomic mass is 10.1. The van der Waals surface area contributed by atoms with Crippen LogP contribution in [0.4, 0.5) is 8.78 Å². The summed E-state index contributed by atoms with van der Waals surface area (Å²) in [5.74, 6) is -2.26. The van der Waals surface area contributed by atoms with E-state index in [0.717, 1.165) is 23.5 Å². The molecular weight excluding hydrogens is 298 g/mol. The second kappa shape index (κ2) is 6.17. The Balaban J connectivity index is 2.05. The minimum absolute atomic E-state index is 0.0951. The van der Waals surface area contributed by atoms with Crippen molar-refractivity contribution in [3.63, 3.8) is 0 Å². The second-order valence-electron chi connectivity index (χ2n) is 4.69. The van der Waals surface area contributed by atoms with E-state index in [4.69, 9.17) is 0 Å². The highest BCUT2D eigenvalue weighted by molar-refractivity contribution is 7.07. The molecule has 2 rings (SSSR count). The number of carbonyl (C=O) groups excluding carboxylic acids is 1. The summed E-state index contributed by atoms with van der Waals surface area (Å²) in [4.78, 5) is 23.2. The Kier molecular flexibility index (Phi) is 4.52. The van der Waals surface area contributed by atoms with Crippen molar-refractivity contribution in [1.82, 2.24) is 9.88 Å². The number of hydrogen-bond donors (Lipinski definition) is 1. The van der Waals surface area contributed by atoms with Crippen molar-refractivity contribution >= 4 is 17.2 Å². The van der Waals surface area contributed by atoms with Crippen LogP contribution in [0, 0.1) is 18.6 Å². The van der Waals surface area contributed by atoms with E-state index in [2.05, 4.69) is 5.32 Å². The number of nitrogens with zero attached hydrogens (tertiary/aromatic N) is 1. The summed E-state index contributed by atoms with van der Waals surface area (Å²) < 4.78 is 27.4. The molecule has 1 aromatic carbocycles. The van der Waals surface area contributed by atoms with Gasteiger partial charge in [0.1, 0.15) is 6.54 Å². The first-order valence-electron chi connectivity index (χ1n) is 6.27. The minimum atomic E-state index is -0.960. The molecule has 0 fully saturated rings. The van der Waals surface area contributed by atoms with Gasteiger partial charge in [0.05, 0.1) is 6.04 Å². The van der Waals surface area contributed by atoms with Gasteiger partial charge in [0.2, 0.25) is 5.91 Å². The van der Waals surface area contributed by atoms with E-state index in [1.807, 2.05) is 0 Å². The summed E-state index contributed by atoms with van der Waals surface area (Å²) in [7, 11) is 0. The molecule has 21 heavy (non-hydrogen) atoms. The topological polar surface area (TPSA) is 51.1 Å². The van der Waals surface area contributed by atoms with Crippen LogP contribution in [0.3, 0.4) is 0 Å². The van der Waals surface area contributed by atoms with Gasteiger partial charge in [-0.1, -0.05) is 17.4 Å². The number of rotatable bonds is 4. The fraction of sp³-hybridized carbons (Fsp3) is 0.286. The predicted octanol–water partition coefficient (Wildman–Crippen LogP) is 2.37. The zero-order valence-electron chi connectivity index (χ0n) is 11.5. The van der Waals surface area contributed by atoms with Gasteiger partial charge in [0.25, 0.3) is 0 Å². The second-order valence-corrected chi connectivity index (χ2v) is 5.51. The number of nitrogens with one attached hydrogen (secondary N) is 1. The molecule has 0 aliphatic rings. The lowest BCUT2D eigenvalue weighted by Crippen LogP contribution is -2.32. The third kappa shape index (κ3) is 3.55. The van der Waals surface area contributed by atoms with Crippen LogP contribution in [0.5, 0.6) is 0 Å². The summed E-state index contributed by atoms with van der Waals surface area (Å²) in [5.41, 5.74) is 1.16. The quantitative estimate of drug-likeness (QED) is 0.942. The number of thiazole rings is 1. The zero-order chi connectivity index (χ0) is 15.6. The average Bonchev–Trinajstić information content (AvgIpc) is 2.73. The van der Waals surface area contributed by atoms with Crippen LogP contribution >= 0.6 is 11.3 Å². The van der Waals surface area contributed by atoms with Crippen molar-refractivity contribution in [3.8, 4) is 0 Å². The summed E-state index contributed by atoms with van der Waals surface area (Å²) in [5, 5.41) is 4.33. The van der Waals surface area contributed by atoms with Gasteiger partial charge in [0, 0.05) is 11.1 Å². The highest BCUT2D eigenvalue weighted by atomic mass is 32.1. The van der Waals surface area contributed by atoms with E-state index < -0.39 is 17.7 Å². The number of benzene rings is 1. The molecule has 2 aromatic rings. The van der Waals surface area contributed by atoms with Crippen LogP contribution in [0.25, 0.3) is 0 Å². The number of amides is 1. The monoisotopic (exact) mass is 312 g/mol. The Morgan fingerprint density at radius 1 is 1.38 bits per heavy atom. The Morgan fingerprint density at radius 2 is 2.10 bits per heavy atom. The first-order valence-corrected chi connectivity index (χ1v) is 7.15. The standard InChI is InChI=1S/C14H14F2N2O2S/c1-8-7-21-14(20)18(8)6-13(19)17-9(2)10-3-4-11(15)12(16)5-10/h3-5,7,9H,6H2,1-2H3,(H,17,19). The SMILES string of the molecule is Cc1csc(=O)n1CC(=O)NC(C)c1ccc(F)c(F)c1. The van der Waals surface area contributed by atoms with Crippen LogP contribution in [-0.2, 0) is 11.3 Å². The molecule has 0 saturated heterocycles. The maximum absolute atomic E-state index is 13.2. The maximum atomic E-state index is 13.2. The van der Waals surface area contributed by atoms with Gasteiger partial charge in [-0.25, -0.2) is 8.78 Å². The number of aryl methyl sites for hydroxylation is 1. The van der Waals surface area contributed by atoms with Crippen LogP contribution < -0.4 is 10.2 Å². The predicted molar refractivity (Wildman–Crippen MR) is 76.2 cm³/mol. The zero-order valence-corrected chi connectivity index (χ0v) is 12.3. The summed E-state index contributed by atoms with van der Waals surface area (Å²) in [6.07, 6.45) is 0. The molecule has 0 saturated carbocycles. The van der Waals surface area contributed by atoms with Gasteiger partial charge < -0.3 is 5.32 Å². The molecule has 1 unspecified atom stereocenters. The molecular formula is C14H14F2N2O2S. The van der Waals surface area contributed by atoms with Gasteiger partial charge in [-0.2, -0.15) is 0 Å². The van der Waals surface area contributed by atoms with Crippen molar-refractivity contribution < 1.29 is 13.6 Å². The van der Waals surface area contributed by atoms with E-state index in [1.54, 1.807) is 19.2 Å². The molecule has 1 amide bonds. The van der Waals surface area contributed by atoms with Gasteiger partial charge in [-0.05, 0) is 31.5 Å². The Bertz CT molecular complexity index is 724. The molecule has 112 valence electrons. The summed E-state index contributed by atoms with van der Waals surface area (Å²) in [6.45, 7) is 3.31. The first kappa shape index (κ1) is 15.4. The average molecular weight is 312 g/mol. The van der Waals surface area contributed by atoms with E-state index in [-0.39, 0.29) is 17.3 Å². The number of aromatic nitrogens is 1. The summed E-state index contributed by atoms with van der Waals surface area (Å²) in [6, 6.07) is 2.98. The molecule has 0 spiro atoms. The molecule has 1 N–H and O–H groups in total. The molecule has 7 heteroatoms. The number of halogens is 2. The fourth-order valence-electron chi connectivity index (χ4n) is 1.89. The van der Waals surface area contributed by atoms with E-state index in [1.165, 1.54) is 10.6 Å². The van der Waals surface area contributed by atoms with E-state index >= 15 is 0 Å². The van der Waals surface area contributed by atoms with E-state index in [9.17, 15) is 18.4 Å². The van der Waals surface area contributed by atoms with Gasteiger partial charge in [0.15, 0.2) is 11.6 Å². The Hall–Kier alpha value is -2.02. The molecule has 0 aliphatic heterocycles. The number of hydrogen-bond acceptors (Lipinski definition) is 3. The molecule has 1 atom stereocenters. The molecule has 0 bridgehead atoms. The lowest BCUT2D eigenvalue weighted by molar-refractivity contribution is -0.122. The lowest BCUT2D eigenvalue weighted by Gasteiger charge is -2.15. The molecule has 0 aliphatic carbocycles. The van der Waals surface area contributed by atoms with Crippen molar-refractivity contribution in [3.05, 3.63) is 56.1 Å². The van der Waals surface area contributed by atoms with Crippen LogP contribution in [-0.4, -0.2) is 10.5 Å². The Labute approximate surface area is 124 Å². The fourth-order valence-corrected chi connectivity index (χ4v) is 2.63. The number of carbonyl (C=O) groups is 1. The van der Waals surface area contributed by atoms with E-state index in [0.29, 0.717) is 11.3 Å². The molecule has 1 heterocycles. The van der Waals surface area contributed by atoms with Crippen LogP contribution in [0.2, 0.25) is 0 Å². The molecule has 0 radical (unpaired) electrons. The van der Waals surface area contributed by atoms with Crippen molar-refractivity contribution in [2.75, 3.05) is 0 Å². The van der Waals surface area contributed by atoms with Gasteiger partial charge >= 0.3 is 4.87 Å². The summed E-state index contributed by atoms with van der Waals surface area (Å²) >= 11 is 1.03. The third-order valence-corrected chi connectivity index (χ3v) is 3.98. The minimum Gasteiger partial charge on any atom is -0.348 e. The van der Waals surface area contributed by atoms with Crippen molar-refractivity contribution in [2.45, 2.75) is 26.4 Å². The molecule has 1 aromatic heterocycles. The Morgan fingerprint density at radius 3 is 2.67 bits per heavy atom. The normalized spacial score (nSPS) is 12.2. The van der Waals surface area contributed by atoms with Crippen LogP contribution in [0.1, 0.15) is 24.2 Å². The highest BCUT2D eigenvalue weighted by Crippen LogP contribution is 2.15. The third-order valence-electron chi connectivity index (χ3n) is 3.10. The first-order chi connectivity index (χ1) is 9.88. The van der Waals surface area contributed by atoms with Gasteiger partial charge in [-0.15, -0.1) is 0 Å². The molecule has 4 nitrogen and oxygen atoms in total. The van der Waals surface area contributed by atoms with Crippen molar-refractivity contribution in [1.29, 1.82) is 0 Å². The maximum Gasteiger partial charge on any atom is 0.307 e. The van der Waals surface area contributed by atoms with Crippen LogP contribution in [0.15, 0.2) is 28.4 Å². The largest absolute Gasteiger partial charge is 0.348 e. The highest BCUT2D eigenvalue weighted by Gasteiger charge is 2.14. The smallest absolute Gasteiger partial charge is 0.307 e. The van der Waals surface area contributed by atoms with Crippen molar-refractivity contribution in [2.24, 2.45) is 0 Å².